The second kappa shape index (κ2) is 4.28. The van der Waals surface area contributed by atoms with Crippen LogP contribution in [0.1, 0.15) is 19.8 Å². The van der Waals surface area contributed by atoms with E-state index in [9.17, 15) is 22.8 Å². The Morgan fingerprint density at radius 2 is 2.00 bits per heavy atom. The summed E-state index contributed by atoms with van der Waals surface area (Å²) in [4.78, 5) is 23.6. The molecule has 19 heavy (non-hydrogen) atoms. The Bertz CT molecular complexity index is 412. The molecule has 8 heteroatoms. The molecule has 0 spiro atoms. The van der Waals surface area contributed by atoms with Crippen molar-refractivity contribution in [2.24, 2.45) is 11.3 Å². The zero-order chi connectivity index (χ0) is 14.4. The maximum Gasteiger partial charge on any atom is 0.406 e. The van der Waals surface area contributed by atoms with Crippen LogP contribution in [0.4, 0.5) is 18.0 Å². The fourth-order valence-corrected chi connectivity index (χ4v) is 2.28. The first-order valence-corrected chi connectivity index (χ1v) is 6.03. The highest BCUT2D eigenvalue weighted by Gasteiger charge is 2.64. The van der Waals surface area contributed by atoms with Gasteiger partial charge in [0.05, 0.1) is 0 Å². The van der Waals surface area contributed by atoms with E-state index in [-0.39, 0.29) is 12.6 Å². The fourth-order valence-electron chi connectivity index (χ4n) is 2.28. The average molecular weight is 280 g/mol. The monoisotopic (exact) mass is 280 g/mol. The van der Waals surface area contributed by atoms with Gasteiger partial charge in [-0.15, -0.1) is 0 Å². The Hall–Kier alpha value is -1.47. The van der Waals surface area contributed by atoms with Gasteiger partial charge in [-0.1, -0.05) is 6.92 Å². The van der Waals surface area contributed by atoms with E-state index >= 15 is 0 Å². The quantitative estimate of drug-likeness (QED) is 0.804. The maximum absolute atomic E-state index is 12.9. The Morgan fingerprint density at radius 3 is 2.37 bits per heavy atom. The van der Waals surface area contributed by atoms with Crippen LogP contribution in [0.3, 0.4) is 0 Å². The Balaban J connectivity index is 2.04. The number of aliphatic carboxylic acids is 1. The lowest BCUT2D eigenvalue weighted by Crippen LogP contribution is -2.49. The molecule has 2 aliphatic rings. The van der Waals surface area contributed by atoms with Crippen LogP contribution in [0.25, 0.3) is 0 Å². The van der Waals surface area contributed by atoms with Crippen LogP contribution in [0.15, 0.2) is 0 Å². The van der Waals surface area contributed by atoms with Gasteiger partial charge in [0.2, 0.25) is 0 Å². The number of carbonyl (C=O) groups is 2. The van der Waals surface area contributed by atoms with Crippen LogP contribution in [-0.4, -0.2) is 47.3 Å². The van der Waals surface area contributed by atoms with Crippen LogP contribution in [0.2, 0.25) is 0 Å². The zero-order valence-corrected chi connectivity index (χ0v) is 10.3. The van der Waals surface area contributed by atoms with Crippen molar-refractivity contribution in [2.45, 2.75) is 32.0 Å². The summed E-state index contributed by atoms with van der Waals surface area (Å²) in [5.74, 6) is -1.59. The summed E-state index contributed by atoms with van der Waals surface area (Å²) < 4.78 is 38.7. The summed E-state index contributed by atoms with van der Waals surface area (Å²) >= 11 is 0. The topological polar surface area (TPSA) is 69.6 Å². The van der Waals surface area contributed by atoms with Crippen molar-refractivity contribution in [1.82, 2.24) is 10.2 Å². The SMILES string of the molecule is CC1CC1NC(=O)N1CCC(C(=O)O)(C(F)(F)F)C1. The number of alkyl halides is 3. The number of nitrogens with zero attached hydrogens (tertiary/aromatic N) is 1. The van der Waals surface area contributed by atoms with Gasteiger partial charge < -0.3 is 15.3 Å². The van der Waals surface area contributed by atoms with E-state index < -0.39 is 36.6 Å². The lowest BCUT2D eigenvalue weighted by atomic mass is 9.86. The summed E-state index contributed by atoms with van der Waals surface area (Å²) in [6, 6.07) is -0.611. The first-order valence-electron chi connectivity index (χ1n) is 6.03. The van der Waals surface area contributed by atoms with Crippen LogP contribution in [0, 0.1) is 11.3 Å². The highest BCUT2D eigenvalue weighted by Crippen LogP contribution is 2.45. The molecule has 3 atom stereocenters. The van der Waals surface area contributed by atoms with E-state index in [1.807, 2.05) is 6.92 Å². The molecular weight excluding hydrogens is 265 g/mol. The van der Waals surface area contributed by atoms with Gasteiger partial charge in [0.15, 0.2) is 5.41 Å². The number of halogens is 3. The van der Waals surface area contributed by atoms with Gasteiger partial charge in [-0.25, -0.2) is 4.79 Å². The van der Waals surface area contributed by atoms with Crippen molar-refractivity contribution in [3.8, 4) is 0 Å². The van der Waals surface area contributed by atoms with Crippen molar-refractivity contribution in [3.05, 3.63) is 0 Å². The number of hydrogen-bond donors (Lipinski definition) is 2. The van der Waals surface area contributed by atoms with Crippen LogP contribution < -0.4 is 5.32 Å². The molecule has 2 fully saturated rings. The number of carboxylic acids is 1. The highest BCUT2D eigenvalue weighted by atomic mass is 19.4. The molecule has 108 valence electrons. The fraction of sp³-hybridized carbons (Fsp3) is 0.818. The Morgan fingerprint density at radius 1 is 1.42 bits per heavy atom. The number of rotatable bonds is 2. The molecule has 2 amide bonds. The third kappa shape index (κ3) is 2.35. The standard InChI is InChI=1S/C11H15F3N2O3/c1-6-4-7(6)15-9(19)16-3-2-10(5-16,8(17)18)11(12,13)14/h6-7H,2-5H2,1H3,(H,15,19)(H,17,18). The van der Waals surface area contributed by atoms with Gasteiger partial charge >= 0.3 is 18.2 Å². The summed E-state index contributed by atoms with van der Waals surface area (Å²) in [5, 5.41) is 11.5. The summed E-state index contributed by atoms with van der Waals surface area (Å²) in [7, 11) is 0. The van der Waals surface area contributed by atoms with Crippen LogP contribution in [0.5, 0.6) is 0 Å². The van der Waals surface area contributed by atoms with E-state index in [1.54, 1.807) is 0 Å². The molecule has 1 aliphatic heterocycles. The van der Waals surface area contributed by atoms with Gasteiger partial charge in [-0.3, -0.25) is 4.79 Å². The minimum absolute atomic E-state index is 0.00165. The number of hydrogen-bond acceptors (Lipinski definition) is 2. The number of carboxylic acid groups (broad SMARTS) is 1. The molecule has 0 aromatic heterocycles. The molecule has 2 N–H and O–H groups in total. The Labute approximate surface area is 107 Å². The number of amides is 2. The highest BCUT2D eigenvalue weighted by molar-refractivity contribution is 5.80. The van der Waals surface area contributed by atoms with Crippen LogP contribution >= 0.6 is 0 Å². The molecular formula is C11H15F3N2O3. The van der Waals surface area contributed by atoms with Gasteiger partial charge in [0.25, 0.3) is 0 Å². The third-order valence-corrected chi connectivity index (χ3v) is 3.93. The molecule has 0 aromatic carbocycles. The lowest BCUT2D eigenvalue weighted by Gasteiger charge is -2.27. The predicted molar refractivity (Wildman–Crippen MR) is 58.4 cm³/mol. The van der Waals surface area contributed by atoms with Crippen molar-refractivity contribution in [3.63, 3.8) is 0 Å². The van der Waals surface area contributed by atoms with E-state index in [0.29, 0.717) is 5.92 Å². The molecule has 1 saturated carbocycles. The van der Waals surface area contributed by atoms with E-state index in [2.05, 4.69) is 5.32 Å². The van der Waals surface area contributed by atoms with Gasteiger partial charge in [-0.2, -0.15) is 13.2 Å². The minimum Gasteiger partial charge on any atom is -0.481 e. The van der Waals surface area contributed by atoms with Crippen molar-refractivity contribution in [2.75, 3.05) is 13.1 Å². The first kappa shape index (κ1) is 14.0. The normalized spacial score (nSPS) is 34.2. The predicted octanol–water partition coefficient (Wildman–Crippen LogP) is 1.44. The first-order chi connectivity index (χ1) is 8.67. The maximum atomic E-state index is 12.9. The number of nitrogens with one attached hydrogen (secondary N) is 1. The lowest BCUT2D eigenvalue weighted by molar-refractivity contribution is -0.226. The van der Waals surface area contributed by atoms with E-state index in [4.69, 9.17) is 5.11 Å². The van der Waals surface area contributed by atoms with Crippen molar-refractivity contribution >= 4 is 12.0 Å². The van der Waals surface area contributed by atoms with Crippen LogP contribution in [-0.2, 0) is 4.79 Å². The second-order valence-electron chi connectivity index (χ2n) is 5.33. The third-order valence-electron chi connectivity index (χ3n) is 3.93. The van der Waals surface area contributed by atoms with E-state index in [1.165, 1.54) is 0 Å². The number of urea groups is 1. The smallest absolute Gasteiger partial charge is 0.406 e. The van der Waals surface area contributed by atoms with Crippen molar-refractivity contribution < 1.29 is 27.9 Å². The number of carbonyl (C=O) groups excluding carboxylic acids is 1. The zero-order valence-electron chi connectivity index (χ0n) is 10.3. The molecule has 0 aromatic rings. The molecule has 2 rings (SSSR count). The molecule has 1 aliphatic carbocycles. The molecule has 0 radical (unpaired) electrons. The second-order valence-corrected chi connectivity index (χ2v) is 5.33. The molecule has 0 bridgehead atoms. The number of likely N-dealkylation sites (tertiary alicyclic amines) is 1. The summed E-state index contributed by atoms with van der Waals surface area (Å²) in [6.07, 6.45) is -4.65. The molecule has 5 nitrogen and oxygen atoms in total. The molecule has 1 heterocycles. The summed E-state index contributed by atoms with van der Waals surface area (Å²) in [6.45, 7) is 0.906. The van der Waals surface area contributed by atoms with Gasteiger partial charge in [-0.05, 0) is 18.8 Å². The average Bonchev–Trinajstić information content (AvgIpc) is 2.81. The van der Waals surface area contributed by atoms with Gasteiger partial charge in [0, 0.05) is 19.1 Å². The Kier molecular flexibility index (Phi) is 3.14. The van der Waals surface area contributed by atoms with E-state index in [0.717, 1.165) is 11.3 Å². The largest absolute Gasteiger partial charge is 0.481 e. The molecule has 3 unspecified atom stereocenters. The summed E-state index contributed by atoms with van der Waals surface area (Å²) in [5.41, 5.74) is -2.83. The molecule has 1 saturated heterocycles. The minimum atomic E-state index is -4.86. The van der Waals surface area contributed by atoms with Crippen molar-refractivity contribution in [1.29, 1.82) is 0 Å². The van der Waals surface area contributed by atoms with Gasteiger partial charge in [0.1, 0.15) is 0 Å².